The number of aromatic nitrogens is 3. The summed E-state index contributed by atoms with van der Waals surface area (Å²) in [7, 11) is 0. The Bertz CT molecular complexity index is 736. The van der Waals surface area contributed by atoms with Gasteiger partial charge in [-0.2, -0.15) is 0 Å². The van der Waals surface area contributed by atoms with Crippen LogP contribution >= 0.6 is 0 Å². The second kappa shape index (κ2) is 6.17. The first-order chi connectivity index (χ1) is 10.3. The molecule has 0 radical (unpaired) electrons. The molecule has 3 rings (SSSR count). The van der Waals surface area contributed by atoms with Gasteiger partial charge in [0.1, 0.15) is 0 Å². The highest BCUT2D eigenvalue weighted by molar-refractivity contribution is 5.97. The van der Waals surface area contributed by atoms with Gasteiger partial charge in [-0.05, 0) is 48.7 Å². The van der Waals surface area contributed by atoms with Crippen molar-refractivity contribution < 1.29 is 4.79 Å². The molecular weight excluding hydrogens is 264 g/mol. The maximum absolute atomic E-state index is 12.1. The summed E-state index contributed by atoms with van der Waals surface area (Å²) in [5.41, 5.74) is 3.62. The summed E-state index contributed by atoms with van der Waals surface area (Å²) in [5.74, 6) is -0.0544. The summed E-state index contributed by atoms with van der Waals surface area (Å²) < 4.78 is 0. The molecule has 0 unspecified atom stereocenters. The molecule has 3 aromatic rings. The van der Waals surface area contributed by atoms with E-state index in [1.165, 1.54) is 5.56 Å². The fourth-order valence-corrected chi connectivity index (χ4v) is 2.22. The normalized spacial score (nSPS) is 10.7. The summed E-state index contributed by atoms with van der Waals surface area (Å²) in [5, 5.41) is 2.94. The van der Waals surface area contributed by atoms with E-state index in [-0.39, 0.29) is 5.91 Å². The van der Waals surface area contributed by atoms with E-state index in [1.807, 2.05) is 24.3 Å². The first kappa shape index (κ1) is 13.3. The zero-order valence-electron chi connectivity index (χ0n) is 11.5. The first-order valence-corrected chi connectivity index (χ1v) is 6.93. The van der Waals surface area contributed by atoms with Crippen LogP contribution in [0.1, 0.15) is 22.3 Å². The van der Waals surface area contributed by atoms with Crippen LogP contribution < -0.4 is 5.32 Å². The fourth-order valence-electron chi connectivity index (χ4n) is 2.22. The minimum Gasteiger partial charge on any atom is -0.352 e. The van der Waals surface area contributed by atoms with E-state index in [9.17, 15) is 4.79 Å². The van der Waals surface area contributed by atoms with Gasteiger partial charge in [-0.25, -0.2) is 4.98 Å². The molecule has 2 aromatic heterocycles. The van der Waals surface area contributed by atoms with Gasteiger partial charge in [-0.1, -0.05) is 0 Å². The highest BCUT2D eigenvalue weighted by Crippen LogP contribution is 2.11. The number of hydrogen-bond acceptors (Lipinski definition) is 3. The number of fused-ring (bicyclic) bond motifs is 1. The molecule has 0 spiro atoms. The molecule has 1 amide bonds. The average Bonchev–Trinajstić information content (AvgIpc) is 3.00. The molecule has 0 aliphatic rings. The summed E-state index contributed by atoms with van der Waals surface area (Å²) >= 11 is 0. The molecule has 2 N–H and O–H groups in total. The van der Waals surface area contributed by atoms with Crippen LogP contribution in [-0.2, 0) is 6.42 Å². The zero-order valence-corrected chi connectivity index (χ0v) is 11.5. The second-order valence-corrected chi connectivity index (χ2v) is 4.85. The molecule has 5 heteroatoms. The Morgan fingerprint density at radius 3 is 2.90 bits per heavy atom. The summed E-state index contributed by atoms with van der Waals surface area (Å²) in [6, 6.07) is 9.45. The molecule has 2 heterocycles. The van der Waals surface area contributed by atoms with Crippen LogP contribution in [-0.4, -0.2) is 27.4 Å². The van der Waals surface area contributed by atoms with Crippen LogP contribution in [0, 0.1) is 0 Å². The molecular formula is C16H16N4O. The third-order valence-corrected chi connectivity index (χ3v) is 3.36. The minimum absolute atomic E-state index is 0.0544. The number of aromatic amines is 1. The van der Waals surface area contributed by atoms with Gasteiger partial charge in [0, 0.05) is 24.5 Å². The van der Waals surface area contributed by atoms with Crippen LogP contribution in [0.3, 0.4) is 0 Å². The predicted octanol–water partition coefficient (Wildman–Crippen LogP) is 2.32. The summed E-state index contributed by atoms with van der Waals surface area (Å²) in [6.07, 6.45) is 7.03. The van der Waals surface area contributed by atoms with Crippen molar-refractivity contribution in [2.75, 3.05) is 6.54 Å². The molecule has 0 aliphatic carbocycles. The Morgan fingerprint density at radius 1 is 1.19 bits per heavy atom. The van der Waals surface area contributed by atoms with E-state index in [0.29, 0.717) is 12.1 Å². The number of carbonyl (C=O) groups excluding carboxylic acids is 1. The van der Waals surface area contributed by atoms with Gasteiger partial charge < -0.3 is 10.3 Å². The van der Waals surface area contributed by atoms with Crippen molar-refractivity contribution in [3.8, 4) is 0 Å². The molecule has 106 valence electrons. The van der Waals surface area contributed by atoms with Crippen LogP contribution in [0.4, 0.5) is 0 Å². The van der Waals surface area contributed by atoms with Gasteiger partial charge in [0.2, 0.25) is 0 Å². The van der Waals surface area contributed by atoms with Crippen molar-refractivity contribution >= 4 is 16.9 Å². The molecule has 0 bridgehead atoms. The van der Waals surface area contributed by atoms with Crippen LogP contribution in [0.5, 0.6) is 0 Å². The van der Waals surface area contributed by atoms with Gasteiger partial charge in [-0.15, -0.1) is 0 Å². The molecule has 0 aliphatic heterocycles. The number of rotatable bonds is 5. The molecule has 0 saturated heterocycles. The van der Waals surface area contributed by atoms with E-state index in [1.54, 1.807) is 24.8 Å². The van der Waals surface area contributed by atoms with Gasteiger partial charge in [0.25, 0.3) is 5.91 Å². The number of nitrogens with one attached hydrogen (secondary N) is 2. The van der Waals surface area contributed by atoms with Crippen LogP contribution in [0.25, 0.3) is 11.0 Å². The number of H-pyrrole nitrogens is 1. The van der Waals surface area contributed by atoms with Gasteiger partial charge in [0.05, 0.1) is 17.4 Å². The van der Waals surface area contributed by atoms with Gasteiger partial charge >= 0.3 is 0 Å². The van der Waals surface area contributed by atoms with E-state index >= 15 is 0 Å². The Kier molecular flexibility index (Phi) is 3.91. The topological polar surface area (TPSA) is 70.7 Å². The quantitative estimate of drug-likeness (QED) is 0.705. The highest BCUT2D eigenvalue weighted by Gasteiger charge is 2.06. The molecule has 0 atom stereocenters. The van der Waals surface area contributed by atoms with Crippen molar-refractivity contribution in [2.45, 2.75) is 12.8 Å². The number of nitrogens with zero attached hydrogens (tertiary/aromatic N) is 2. The third kappa shape index (κ3) is 3.25. The Morgan fingerprint density at radius 2 is 2.05 bits per heavy atom. The smallest absolute Gasteiger partial charge is 0.251 e. The highest BCUT2D eigenvalue weighted by atomic mass is 16.1. The largest absolute Gasteiger partial charge is 0.352 e. The van der Waals surface area contributed by atoms with E-state index in [4.69, 9.17) is 0 Å². The Hall–Kier alpha value is -2.69. The van der Waals surface area contributed by atoms with Crippen molar-refractivity contribution in [1.29, 1.82) is 0 Å². The lowest BCUT2D eigenvalue weighted by Crippen LogP contribution is -2.24. The SMILES string of the molecule is O=C(NCCCc1ccncc1)c1ccc2nc[nH]c2c1. The number of aryl methyl sites for hydroxylation is 1. The predicted molar refractivity (Wildman–Crippen MR) is 81.0 cm³/mol. The number of pyridine rings is 1. The maximum atomic E-state index is 12.1. The van der Waals surface area contributed by atoms with Crippen LogP contribution in [0.15, 0.2) is 49.1 Å². The lowest BCUT2D eigenvalue weighted by atomic mass is 10.1. The number of imidazole rings is 1. The first-order valence-electron chi connectivity index (χ1n) is 6.93. The monoisotopic (exact) mass is 280 g/mol. The second-order valence-electron chi connectivity index (χ2n) is 4.85. The van der Waals surface area contributed by atoms with E-state index < -0.39 is 0 Å². The number of carbonyl (C=O) groups is 1. The lowest BCUT2D eigenvalue weighted by molar-refractivity contribution is 0.0953. The molecule has 0 saturated carbocycles. The molecule has 1 aromatic carbocycles. The van der Waals surface area contributed by atoms with Crippen molar-refractivity contribution in [3.63, 3.8) is 0 Å². The van der Waals surface area contributed by atoms with E-state index in [0.717, 1.165) is 23.9 Å². The fraction of sp³-hybridized carbons (Fsp3) is 0.188. The van der Waals surface area contributed by atoms with Crippen LogP contribution in [0.2, 0.25) is 0 Å². The number of benzene rings is 1. The minimum atomic E-state index is -0.0544. The summed E-state index contributed by atoms with van der Waals surface area (Å²) in [4.78, 5) is 23.2. The lowest BCUT2D eigenvalue weighted by Gasteiger charge is -2.05. The van der Waals surface area contributed by atoms with E-state index in [2.05, 4.69) is 20.3 Å². The van der Waals surface area contributed by atoms with Crippen molar-refractivity contribution in [3.05, 3.63) is 60.2 Å². The Balaban J connectivity index is 1.52. The molecule has 5 nitrogen and oxygen atoms in total. The molecule has 0 fully saturated rings. The van der Waals surface area contributed by atoms with Gasteiger partial charge in [0.15, 0.2) is 0 Å². The summed E-state index contributed by atoms with van der Waals surface area (Å²) in [6.45, 7) is 0.655. The number of amides is 1. The zero-order chi connectivity index (χ0) is 14.5. The molecule has 21 heavy (non-hydrogen) atoms. The van der Waals surface area contributed by atoms with Gasteiger partial charge in [-0.3, -0.25) is 9.78 Å². The average molecular weight is 280 g/mol. The standard InChI is InChI=1S/C16H16N4O/c21-16(13-3-4-14-15(10-13)20-11-19-14)18-7-1-2-12-5-8-17-9-6-12/h3-6,8-11H,1-2,7H2,(H,18,21)(H,19,20). The maximum Gasteiger partial charge on any atom is 0.251 e. The van der Waals surface area contributed by atoms with Crippen molar-refractivity contribution in [1.82, 2.24) is 20.3 Å². The van der Waals surface area contributed by atoms with Crippen molar-refractivity contribution in [2.24, 2.45) is 0 Å². The Labute approximate surface area is 122 Å². The third-order valence-electron chi connectivity index (χ3n) is 3.36. The number of hydrogen-bond donors (Lipinski definition) is 2.